The van der Waals surface area contributed by atoms with Crippen LogP contribution in [0.15, 0.2) is 18.2 Å². The first-order chi connectivity index (χ1) is 18.7. The van der Waals surface area contributed by atoms with E-state index in [4.69, 9.17) is 46.9 Å². The highest BCUT2D eigenvalue weighted by atomic mass is 35.5. The molecule has 0 heterocycles. The predicted octanol–water partition coefficient (Wildman–Crippen LogP) is 3.36. The van der Waals surface area contributed by atoms with Crippen LogP contribution in [0.2, 0.25) is 10.0 Å². The maximum atomic E-state index is 13.1. The number of hydrogen-bond donors (Lipinski definition) is 3. The topological polar surface area (TPSA) is 178 Å². The van der Waals surface area contributed by atoms with E-state index in [1.54, 1.807) is 33.8 Å². The van der Waals surface area contributed by atoms with Crippen molar-refractivity contribution >= 4 is 47.5 Å². The van der Waals surface area contributed by atoms with Gasteiger partial charge in [-0.1, -0.05) is 29.3 Å². The van der Waals surface area contributed by atoms with Crippen LogP contribution < -0.4 is 0 Å². The summed E-state index contributed by atoms with van der Waals surface area (Å²) in [4.78, 5) is 50.3. The minimum Gasteiger partial charge on any atom is -0.481 e. The molecule has 13 nitrogen and oxygen atoms in total. The molecule has 2 fully saturated rings. The van der Waals surface area contributed by atoms with Crippen LogP contribution in [0.5, 0.6) is 0 Å². The van der Waals surface area contributed by atoms with Crippen molar-refractivity contribution in [2.75, 3.05) is 13.5 Å². The van der Waals surface area contributed by atoms with Crippen molar-refractivity contribution in [2.45, 2.75) is 64.3 Å². The molecule has 0 spiro atoms. The monoisotopic (exact) mass is 607 g/mol. The van der Waals surface area contributed by atoms with Crippen LogP contribution in [-0.2, 0) is 39.9 Å². The molecule has 0 saturated heterocycles. The molecule has 0 aliphatic heterocycles. The smallest absolute Gasteiger partial charge is 0.481 e. The van der Waals surface area contributed by atoms with Gasteiger partial charge in [-0.2, -0.15) is 0 Å². The highest BCUT2D eigenvalue weighted by Crippen LogP contribution is 2.65. The number of rotatable bonds is 12. The van der Waals surface area contributed by atoms with Gasteiger partial charge >= 0.3 is 24.2 Å². The third kappa shape index (κ3) is 6.55. The quantitative estimate of drug-likeness (QED) is 0.233. The highest BCUT2D eigenvalue weighted by molar-refractivity contribution is 6.42. The Morgan fingerprint density at radius 3 is 1.95 bits per heavy atom. The second kappa shape index (κ2) is 12.8. The molecule has 1 aromatic carbocycles. The number of aliphatic hydroxyl groups is 1. The molecule has 0 bridgehead atoms. The van der Waals surface area contributed by atoms with Gasteiger partial charge in [0.25, 0.3) is 0 Å². The average molecular weight is 608 g/mol. The Balaban J connectivity index is 1.99. The third-order valence-corrected chi connectivity index (χ3v) is 7.37. The molecule has 0 amide bonds. The summed E-state index contributed by atoms with van der Waals surface area (Å²) < 4.78 is 26.0. The number of hydrogen-bond acceptors (Lipinski definition) is 11. The van der Waals surface area contributed by atoms with E-state index in [-0.39, 0.29) is 16.7 Å². The Hall–Kier alpha value is -2.84. The number of carboxylic acid groups (broad SMARTS) is 2. The largest absolute Gasteiger partial charge is 0.509 e. The number of nitrogens with zero attached hydrogens (tertiary/aromatic N) is 1. The summed E-state index contributed by atoms with van der Waals surface area (Å²) in [5.74, 6) is -6.40. The Kier molecular flexibility index (Phi) is 10.1. The molecule has 3 rings (SSSR count). The average Bonchev–Trinajstić information content (AvgIpc) is 3.53. The van der Waals surface area contributed by atoms with Gasteiger partial charge in [0.2, 0.25) is 0 Å². The molecule has 2 aliphatic rings. The molecular formula is C25H31Cl2NO12. The molecule has 0 aromatic heterocycles. The van der Waals surface area contributed by atoms with Crippen molar-refractivity contribution in [3.63, 3.8) is 0 Å². The fourth-order valence-electron chi connectivity index (χ4n) is 5.09. The van der Waals surface area contributed by atoms with E-state index < -0.39 is 85.4 Å². The number of aliphatic carboxylic acids is 2. The first kappa shape index (κ1) is 31.7. The first-order valence-electron chi connectivity index (χ1n) is 12.3. The van der Waals surface area contributed by atoms with E-state index in [9.17, 15) is 34.5 Å². The zero-order valence-corrected chi connectivity index (χ0v) is 23.6. The van der Waals surface area contributed by atoms with Gasteiger partial charge in [-0.05, 0) is 45.4 Å². The van der Waals surface area contributed by atoms with E-state index >= 15 is 0 Å². The lowest BCUT2D eigenvalue weighted by molar-refractivity contribution is -0.193. The molecule has 1 aromatic rings. The van der Waals surface area contributed by atoms with Crippen LogP contribution >= 0.6 is 23.2 Å². The Morgan fingerprint density at radius 2 is 1.50 bits per heavy atom. The second-order valence-corrected chi connectivity index (χ2v) is 10.8. The molecule has 6 atom stereocenters. The number of aliphatic hydroxyl groups excluding tert-OH is 1. The van der Waals surface area contributed by atoms with Gasteiger partial charge in [-0.15, -0.1) is 0 Å². The van der Waals surface area contributed by atoms with Crippen molar-refractivity contribution in [2.24, 2.45) is 17.8 Å². The van der Waals surface area contributed by atoms with Crippen LogP contribution in [0, 0.1) is 17.8 Å². The normalized spacial score (nSPS) is 26.9. The fraction of sp³-hybridized carbons (Fsp3) is 0.600. The van der Waals surface area contributed by atoms with Crippen LogP contribution in [0.4, 0.5) is 9.59 Å². The Bertz CT molecular complexity index is 1110. The summed E-state index contributed by atoms with van der Waals surface area (Å²) >= 11 is 12.0. The van der Waals surface area contributed by atoms with Gasteiger partial charge in [-0.25, -0.2) is 14.5 Å². The van der Waals surface area contributed by atoms with Crippen LogP contribution in [0.3, 0.4) is 0 Å². The standard InChI is InChI=1S/C25H31Cl2NO12/c1-11(2)39-23(34)37-9-28(10-38-24(35)40-12(3)4)25(22(32)33)18-16(17(18)21(30)31)19(29)20(25)36-8-13-5-6-14(26)15(27)7-13/h5-7,11-12,16-20,29H,8-10H2,1-4H3,(H,30,31)(H,32,33)/t16-,17-,18-,19-,20+,25+/m0/s1. The summed E-state index contributed by atoms with van der Waals surface area (Å²) in [7, 11) is 0. The minimum atomic E-state index is -2.32. The summed E-state index contributed by atoms with van der Waals surface area (Å²) in [6.07, 6.45) is -6.55. The lowest BCUT2D eigenvalue weighted by Crippen LogP contribution is -2.66. The lowest BCUT2D eigenvalue weighted by Gasteiger charge is -2.43. The van der Waals surface area contributed by atoms with Gasteiger partial charge in [0, 0.05) is 11.8 Å². The van der Waals surface area contributed by atoms with Gasteiger partial charge in [0.05, 0.1) is 40.9 Å². The van der Waals surface area contributed by atoms with E-state index in [1.165, 1.54) is 12.1 Å². The Labute approximate surface area is 239 Å². The second-order valence-electron chi connectivity index (χ2n) is 9.99. The van der Waals surface area contributed by atoms with Crippen LogP contribution in [-0.4, -0.2) is 87.9 Å². The molecule has 40 heavy (non-hydrogen) atoms. The number of carbonyl (C=O) groups excluding carboxylic acids is 2. The number of benzene rings is 1. The maximum absolute atomic E-state index is 13.1. The SMILES string of the molecule is CC(C)OC(=O)OCN(COC(=O)OC(C)C)[C@]1(C(=O)O)[C@@H]2[C@@H](C(=O)O)[C@@H]2[C@H](O)[C@H]1OCc1ccc(Cl)c(Cl)c1. The molecule has 0 radical (unpaired) electrons. The van der Waals surface area contributed by atoms with Crippen LogP contribution in [0.25, 0.3) is 0 Å². The van der Waals surface area contributed by atoms with Crippen molar-refractivity contribution in [1.82, 2.24) is 4.90 Å². The number of carbonyl (C=O) groups is 4. The van der Waals surface area contributed by atoms with Crippen molar-refractivity contribution in [3.8, 4) is 0 Å². The van der Waals surface area contributed by atoms with Crippen LogP contribution in [0.1, 0.15) is 33.3 Å². The number of carboxylic acids is 2. The molecule has 222 valence electrons. The van der Waals surface area contributed by atoms with Gasteiger partial charge in [-0.3, -0.25) is 9.59 Å². The summed E-state index contributed by atoms with van der Waals surface area (Å²) in [6, 6.07) is 4.57. The predicted molar refractivity (Wildman–Crippen MR) is 136 cm³/mol. The number of ether oxygens (including phenoxy) is 5. The van der Waals surface area contributed by atoms with E-state index in [0.29, 0.717) is 5.56 Å². The van der Waals surface area contributed by atoms with E-state index in [1.807, 2.05) is 0 Å². The Morgan fingerprint density at radius 1 is 0.950 bits per heavy atom. The number of fused-ring (bicyclic) bond motifs is 1. The zero-order chi connectivity index (χ0) is 29.9. The lowest BCUT2D eigenvalue weighted by atomic mass is 9.85. The first-order valence-corrected chi connectivity index (χ1v) is 13.1. The van der Waals surface area contributed by atoms with E-state index in [2.05, 4.69) is 0 Å². The molecule has 15 heteroatoms. The molecule has 0 unspecified atom stereocenters. The fourth-order valence-corrected chi connectivity index (χ4v) is 5.41. The number of halogens is 2. The van der Waals surface area contributed by atoms with Crippen molar-refractivity contribution in [3.05, 3.63) is 33.8 Å². The molecule has 2 saturated carbocycles. The van der Waals surface area contributed by atoms with Crippen molar-refractivity contribution < 1.29 is 58.2 Å². The van der Waals surface area contributed by atoms with Gasteiger partial charge in [0.15, 0.2) is 19.0 Å². The summed E-state index contributed by atoms with van der Waals surface area (Å²) in [5.41, 5.74) is -1.84. The van der Waals surface area contributed by atoms with E-state index in [0.717, 1.165) is 4.90 Å². The highest BCUT2D eigenvalue weighted by Gasteiger charge is 2.81. The summed E-state index contributed by atoms with van der Waals surface area (Å²) in [6.45, 7) is 4.38. The molecular weight excluding hydrogens is 577 g/mol. The zero-order valence-electron chi connectivity index (χ0n) is 22.1. The van der Waals surface area contributed by atoms with Gasteiger partial charge < -0.3 is 39.0 Å². The molecule has 2 aliphatic carbocycles. The third-order valence-electron chi connectivity index (χ3n) is 6.63. The minimum absolute atomic E-state index is 0.212. The summed E-state index contributed by atoms with van der Waals surface area (Å²) in [5, 5.41) is 32.0. The maximum Gasteiger partial charge on any atom is 0.509 e. The molecule has 3 N–H and O–H groups in total. The van der Waals surface area contributed by atoms with Crippen molar-refractivity contribution in [1.29, 1.82) is 0 Å². The van der Waals surface area contributed by atoms with Gasteiger partial charge in [0.1, 0.15) is 6.10 Å².